The molecular formula is C21H24N2O5S. The molecule has 0 fully saturated rings. The van der Waals surface area contributed by atoms with Crippen LogP contribution in [-0.2, 0) is 14.8 Å². The Kier molecular flexibility index (Phi) is 6.43. The normalized spacial score (nSPS) is 15.7. The first-order chi connectivity index (χ1) is 13.9. The Morgan fingerprint density at radius 2 is 1.86 bits per heavy atom. The molecule has 154 valence electrons. The molecule has 0 heterocycles. The van der Waals surface area contributed by atoms with E-state index in [0.717, 1.165) is 12.8 Å². The first-order valence-corrected chi connectivity index (χ1v) is 10.7. The standard InChI is InChI=1S/C21H24N2O5S/c1-27-17-9-7-16(8-10-17)23-29(25,26)18-11-12-20(28-2)19(14-18)22-21(24)13-15-5-3-4-6-15/h3,5,7-12,14-15,23H,4,6,13H2,1-2H3,(H,22,24)/t15-/m0/s1. The molecule has 0 saturated heterocycles. The minimum absolute atomic E-state index is 0.0187. The summed E-state index contributed by atoms with van der Waals surface area (Å²) in [6.45, 7) is 0. The molecule has 3 rings (SSSR count). The van der Waals surface area contributed by atoms with Crippen LogP contribution in [0.2, 0.25) is 0 Å². The highest BCUT2D eigenvalue weighted by molar-refractivity contribution is 7.92. The summed E-state index contributed by atoms with van der Waals surface area (Å²) in [6.07, 6.45) is 6.38. The van der Waals surface area contributed by atoms with Crippen LogP contribution in [-0.4, -0.2) is 28.5 Å². The summed E-state index contributed by atoms with van der Waals surface area (Å²) in [5, 5.41) is 2.77. The number of sulfonamides is 1. The lowest BCUT2D eigenvalue weighted by atomic mass is 10.1. The Bertz CT molecular complexity index is 1000. The molecule has 2 aromatic carbocycles. The molecule has 0 aromatic heterocycles. The number of rotatable bonds is 8. The molecule has 7 nitrogen and oxygen atoms in total. The number of benzene rings is 2. The maximum absolute atomic E-state index is 12.8. The molecule has 0 unspecified atom stereocenters. The monoisotopic (exact) mass is 416 g/mol. The zero-order chi connectivity index (χ0) is 20.9. The van der Waals surface area contributed by atoms with Gasteiger partial charge < -0.3 is 14.8 Å². The van der Waals surface area contributed by atoms with Gasteiger partial charge in [0.25, 0.3) is 10.0 Å². The first kappa shape index (κ1) is 20.7. The maximum atomic E-state index is 12.8. The van der Waals surface area contributed by atoms with Gasteiger partial charge in [-0.2, -0.15) is 0 Å². The molecule has 1 aliphatic rings. The number of amides is 1. The van der Waals surface area contributed by atoms with Gasteiger partial charge in [0.1, 0.15) is 11.5 Å². The van der Waals surface area contributed by atoms with Crippen molar-refractivity contribution in [1.82, 2.24) is 0 Å². The molecule has 2 N–H and O–H groups in total. The molecule has 8 heteroatoms. The van der Waals surface area contributed by atoms with Crippen molar-refractivity contribution in [3.63, 3.8) is 0 Å². The van der Waals surface area contributed by atoms with E-state index in [4.69, 9.17) is 9.47 Å². The van der Waals surface area contributed by atoms with Crippen LogP contribution >= 0.6 is 0 Å². The van der Waals surface area contributed by atoms with Crippen molar-refractivity contribution in [1.29, 1.82) is 0 Å². The maximum Gasteiger partial charge on any atom is 0.261 e. The van der Waals surface area contributed by atoms with E-state index in [9.17, 15) is 13.2 Å². The highest BCUT2D eigenvalue weighted by Gasteiger charge is 2.19. The summed E-state index contributed by atoms with van der Waals surface area (Å²) in [5.74, 6) is 1.05. The number of hydrogen-bond acceptors (Lipinski definition) is 5. The highest BCUT2D eigenvalue weighted by atomic mass is 32.2. The minimum Gasteiger partial charge on any atom is -0.497 e. The Hall–Kier alpha value is -3.00. The van der Waals surface area contributed by atoms with Gasteiger partial charge >= 0.3 is 0 Å². The zero-order valence-electron chi connectivity index (χ0n) is 16.3. The predicted octanol–water partition coefficient (Wildman–Crippen LogP) is 3.80. The number of methoxy groups -OCH3 is 2. The molecule has 0 saturated carbocycles. The van der Waals surface area contributed by atoms with Crippen LogP contribution in [0.15, 0.2) is 59.5 Å². The summed E-state index contributed by atoms with van der Waals surface area (Å²) in [5.41, 5.74) is 0.720. The highest BCUT2D eigenvalue weighted by Crippen LogP contribution is 2.30. The Labute approximate surface area is 170 Å². The van der Waals surface area contributed by atoms with Gasteiger partial charge in [0.15, 0.2) is 0 Å². The van der Waals surface area contributed by atoms with Crippen molar-refractivity contribution >= 4 is 27.3 Å². The Morgan fingerprint density at radius 1 is 1.10 bits per heavy atom. The summed E-state index contributed by atoms with van der Waals surface area (Å²) >= 11 is 0. The number of carbonyl (C=O) groups excluding carboxylic acids is 1. The molecule has 29 heavy (non-hydrogen) atoms. The van der Waals surface area contributed by atoms with E-state index >= 15 is 0 Å². The van der Waals surface area contributed by atoms with Crippen molar-refractivity contribution in [3.8, 4) is 11.5 Å². The molecular weight excluding hydrogens is 392 g/mol. The van der Waals surface area contributed by atoms with Crippen molar-refractivity contribution in [2.75, 3.05) is 24.3 Å². The van der Waals surface area contributed by atoms with Crippen LogP contribution in [0, 0.1) is 5.92 Å². The average Bonchev–Trinajstić information content (AvgIpc) is 3.21. The van der Waals surface area contributed by atoms with Crippen LogP contribution in [0.4, 0.5) is 11.4 Å². The number of anilines is 2. The molecule has 2 aromatic rings. The van der Waals surface area contributed by atoms with E-state index in [1.54, 1.807) is 24.3 Å². The van der Waals surface area contributed by atoms with Crippen molar-refractivity contribution in [2.45, 2.75) is 24.2 Å². The average molecular weight is 416 g/mol. The Balaban J connectivity index is 1.78. The second-order valence-corrected chi connectivity index (χ2v) is 8.40. The summed E-state index contributed by atoms with van der Waals surface area (Å²) < 4.78 is 38.4. The van der Waals surface area contributed by atoms with Gasteiger partial charge in [-0.3, -0.25) is 9.52 Å². The largest absolute Gasteiger partial charge is 0.497 e. The van der Waals surface area contributed by atoms with E-state index in [-0.39, 0.29) is 16.7 Å². The third kappa shape index (κ3) is 5.29. The predicted molar refractivity (Wildman–Crippen MR) is 112 cm³/mol. The minimum atomic E-state index is -3.85. The summed E-state index contributed by atoms with van der Waals surface area (Å²) in [6, 6.07) is 10.9. The summed E-state index contributed by atoms with van der Waals surface area (Å²) in [7, 11) is -0.844. The van der Waals surface area contributed by atoms with Crippen molar-refractivity contribution in [2.24, 2.45) is 5.92 Å². The number of nitrogens with one attached hydrogen (secondary N) is 2. The zero-order valence-corrected chi connectivity index (χ0v) is 17.2. The molecule has 0 radical (unpaired) electrons. The fraction of sp³-hybridized carbons (Fsp3) is 0.286. The second-order valence-electron chi connectivity index (χ2n) is 6.71. The van der Waals surface area contributed by atoms with E-state index in [1.165, 1.54) is 32.4 Å². The van der Waals surface area contributed by atoms with Crippen LogP contribution in [0.5, 0.6) is 11.5 Å². The molecule has 0 aliphatic heterocycles. The lowest BCUT2D eigenvalue weighted by Crippen LogP contribution is -2.17. The topological polar surface area (TPSA) is 93.7 Å². The van der Waals surface area contributed by atoms with Gasteiger partial charge in [-0.05, 0) is 61.2 Å². The fourth-order valence-electron chi connectivity index (χ4n) is 3.13. The third-order valence-electron chi connectivity index (χ3n) is 4.66. The fourth-order valence-corrected chi connectivity index (χ4v) is 4.21. The lowest BCUT2D eigenvalue weighted by molar-refractivity contribution is -0.116. The quantitative estimate of drug-likeness (QED) is 0.639. The lowest BCUT2D eigenvalue weighted by Gasteiger charge is -2.14. The van der Waals surface area contributed by atoms with Gasteiger partial charge in [-0.1, -0.05) is 12.2 Å². The molecule has 1 aliphatic carbocycles. The van der Waals surface area contributed by atoms with E-state index in [1.807, 2.05) is 6.08 Å². The summed E-state index contributed by atoms with van der Waals surface area (Å²) in [4.78, 5) is 12.4. The van der Waals surface area contributed by atoms with Crippen LogP contribution in [0.1, 0.15) is 19.3 Å². The van der Waals surface area contributed by atoms with Crippen molar-refractivity contribution in [3.05, 3.63) is 54.6 Å². The van der Waals surface area contributed by atoms with Gasteiger partial charge in [0, 0.05) is 12.1 Å². The van der Waals surface area contributed by atoms with E-state index in [0.29, 0.717) is 29.3 Å². The van der Waals surface area contributed by atoms with Gasteiger partial charge in [-0.15, -0.1) is 0 Å². The molecule has 0 spiro atoms. The number of carbonyl (C=O) groups is 1. The SMILES string of the molecule is COc1ccc(NS(=O)(=O)c2ccc(OC)c(NC(=O)C[C@H]3C=CCC3)c2)cc1. The van der Waals surface area contributed by atoms with Crippen molar-refractivity contribution < 1.29 is 22.7 Å². The number of ether oxygens (including phenoxy) is 2. The third-order valence-corrected chi connectivity index (χ3v) is 6.04. The van der Waals surface area contributed by atoms with E-state index < -0.39 is 10.0 Å². The van der Waals surface area contributed by atoms with Crippen LogP contribution in [0.3, 0.4) is 0 Å². The van der Waals surface area contributed by atoms with E-state index in [2.05, 4.69) is 16.1 Å². The second kappa shape index (κ2) is 9.00. The molecule has 0 bridgehead atoms. The Morgan fingerprint density at radius 3 is 2.48 bits per heavy atom. The smallest absolute Gasteiger partial charge is 0.261 e. The van der Waals surface area contributed by atoms with Crippen LogP contribution in [0.25, 0.3) is 0 Å². The number of hydrogen-bond donors (Lipinski definition) is 2. The number of allylic oxidation sites excluding steroid dienone is 2. The van der Waals surface area contributed by atoms with Gasteiger partial charge in [-0.25, -0.2) is 8.42 Å². The molecule has 1 atom stereocenters. The molecule has 1 amide bonds. The van der Waals surface area contributed by atoms with Gasteiger partial charge in [0.2, 0.25) is 5.91 Å². The van der Waals surface area contributed by atoms with Crippen LogP contribution < -0.4 is 19.5 Å². The van der Waals surface area contributed by atoms with Gasteiger partial charge in [0.05, 0.1) is 24.8 Å². The first-order valence-electron chi connectivity index (χ1n) is 9.22.